The van der Waals surface area contributed by atoms with Gasteiger partial charge in [0.2, 0.25) is 0 Å². The number of likely N-dealkylation sites (tertiary alicyclic amines) is 1. The molecule has 0 unspecified atom stereocenters. The van der Waals surface area contributed by atoms with Crippen LogP contribution in [-0.4, -0.2) is 37.1 Å². The van der Waals surface area contributed by atoms with Crippen LogP contribution in [-0.2, 0) is 0 Å². The molecule has 0 aromatic rings. The summed E-state index contributed by atoms with van der Waals surface area (Å²) in [5, 5.41) is 3.55. The van der Waals surface area contributed by atoms with E-state index in [1.165, 1.54) is 58.3 Å². The Labute approximate surface area is 88.1 Å². The largest absolute Gasteiger partial charge is 0.316 e. The van der Waals surface area contributed by atoms with Gasteiger partial charge in [-0.1, -0.05) is 13.3 Å². The molecule has 14 heavy (non-hydrogen) atoms. The van der Waals surface area contributed by atoms with Gasteiger partial charge in [0.05, 0.1) is 0 Å². The Morgan fingerprint density at radius 2 is 2.14 bits per heavy atom. The fraction of sp³-hybridized carbons (Fsp3) is 1.00. The highest BCUT2D eigenvalue weighted by Crippen LogP contribution is 2.26. The summed E-state index contributed by atoms with van der Waals surface area (Å²) in [6, 6.07) is 0.890. The number of rotatable bonds is 2. The molecule has 2 nitrogen and oxygen atoms in total. The molecule has 82 valence electrons. The van der Waals surface area contributed by atoms with E-state index < -0.39 is 0 Å². The van der Waals surface area contributed by atoms with Gasteiger partial charge in [-0.05, 0) is 57.8 Å². The molecule has 2 saturated heterocycles. The van der Waals surface area contributed by atoms with E-state index in [0.29, 0.717) is 0 Å². The SMILES string of the molecule is CCN1CCCC[C@@H]1[C@@H]1CCCNC1. The third-order valence-electron chi connectivity index (χ3n) is 3.95. The Bertz CT molecular complexity index is 164. The summed E-state index contributed by atoms with van der Waals surface area (Å²) in [7, 11) is 0. The lowest BCUT2D eigenvalue weighted by molar-refractivity contribution is 0.0924. The van der Waals surface area contributed by atoms with Crippen LogP contribution in [0.25, 0.3) is 0 Å². The summed E-state index contributed by atoms with van der Waals surface area (Å²) in [6.07, 6.45) is 7.16. The van der Waals surface area contributed by atoms with E-state index in [1.54, 1.807) is 0 Å². The molecule has 0 saturated carbocycles. The lowest BCUT2D eigenvalue weighted by atomic mass is 9.85. The molecule has 2 aliphatic rings. The van der Waals surface area contributed by atoms with Gasteiger partial charge in [0.1, 0.15) is 0 Å². The first-order valence-electron chi connectivity index (χ1n) is 6.36. The number of hydrogen-bond donors (Lipinski definition) is 1. The van der Waals surface area contributed by atoms with Crippen LogP contribution in [0.1, 0.15) is 39.0 Å². The number of piperidine rings is 2. The van der Waals surface area contributed by atoms with Crippen molar-refractivity contribution in [2.45, 2.75) is 45.1 Å². The average Bonchev–Trinajstić information content (AvgIpc) is 2.30. The van der Waals surface area contributed by atoms with Crippen LogP contribution >= 0.6 is 0 Å². The topological polar surface area (TPSA) is 15.3 Å². The molecule has 2 fully saturated rings. The minimum atomic E-state index is 0.890. The van der Waals surface area contributed by atoms with Crippen molar-refractivity contribution in [3.05, 3.63) is 0 Å². The van der Waals surface area contributed by atoms with Crippen molar-refractivity contribution in [2.75, 3.05) is 26.2 Å². The highest BCUT2D eigenvalue weighted by Gasteiger charge is 2.29. The second kappa shape index (κ2) is 5.13. The molecule has 2 rings (SSSR count). The van der Waals surface area contributed by atoms with Crippen molar-refractivity contribution in [1.82, 2.24) is 10.2 Å². The Morgan fingerprint density at radius 3 is 2.86 bits per heavy atom. The fourth-order valence-electron chi connectivity index (χ4n) is 3.15. The minimum Gasteiger partial charge on any atom is -0.316 e. The number of nitrogens with one attached hydrogen (secondary N) is 1. The second-order valence-corrected chi connectivity index (χ2v) is 4.80. The van der Waals surface area contributed by atoms with Crippen LogP contribution in [0.3, 0.4) is 0 Å². The van der Waals surface area contributed by atoms with Crippen LogP contribution in [0.4, 0.5) is 0 Å². The summed E-state index contributed by atoms with van der Waals surface area (Å²) < 4.78 is 0. The lowest BCUT2D eigenvalue weighted by Crippen LogP contribution is -2.48. The summed E-state index contributed by atoms with van der Waals surface area (Å²) in [5.41, 5.74) is 0. The Morgan fingerprint density at radius 1 is 1.21 bits per heavy atom. The summed E-state index contributed by atoms with van der Waals surface area (Å²) in [4.78, 5) is 2.71. The molecule has 0 aromatic carbocycles. The summed E-state index contributed by atoms with van der Waals surface area (Å²) in [6.45, 7) is 7.42. The highest BCUT2D eigenvalue weighted by molar-refractivity contribution is 4.85. The van der Waals surface area contributed by atoms with E-state index in [1.807, 2.05) is 0 Å². The molecule has 0 aliphatic carbocycles. The minimum absolute atomic E-state index is 0.890. The van der Waals surface area contributed by atoms with Crippen molar-refractivity contribution in [3.63, 3.8) is 0 Å². The van der Waals surface area contributed by atoms with E-state index in [0.717, 1.165) is 12.0 Å². The Hall–Kier alpha value is -0.0800. The van der Waals surface area contributed by atoms with Crippen molar-refractivity contribution < 1.29 is 0 Å². The third-order valence-corrected chi connectivity index (χ3v) is 3.95. The fourth-order valence-corrected chi connectivity index (χ4v) is 3.15. The van der Waals surface area contributed by atoms with Gasteiger partial charge >= 0.3 is 0 Å². The van der Waals surface area contributed by atoms with Crippen molar-refractivity contribution in [3.8, 4) is 0 Å². The van der Waals surface area contributed by atoms with E-state index in [-0.39, 0.29) is 0 Å². The van der Waals surface area contributed by atoms with Gasteiger partial charge in [0, 0.05) is 6.04 Å². The van der Waals surface area contributed by atoms with Gasteiger partial charge in [-0.3, -0.25) is 0 Å². The third kappa shape index (κ3) is 2.29. The normalized spacial score (nSPS) is 35.8. The first-order chi connectivity index (χ1) is 6.92. The van der Waals surface area contributed by atoms with Crippen LogP contribution in [0, 0.1) is 5.92 Å². The molecule has 0 aromatic heterocycles. The first-order valence-corrected chi connectivity index (χ1v) is 6.36. The molecule has 2 heteroatoms. The predicted molar refractivity (Wildman–Crippen MR) is 60.5 cm³/mol. The first kappa shape index (κ1) is 10.4. The van der Waals surface area contributed by atoms with Crippen LogP contribution in [0.5, 0.6) is 0 Å². The monoisotopic (exact) mass is 196 g/mol. The van der Waals surface area contributed by atoms with Crippen LogP contribution in [0.2, 0.25) is 0 Å². The Balaban J connectivity index is 1.91. The standard InChI is InChI=1S/C12H24N2/c1-2-14-9-4-3-7-12(14)11-6-5-8-13-10-11/h11-13H,2-10H2,1H3/t11-,12-/m1/s1. The highest BCUT2D eigenvalue weighted by atomic mass is 15.2. The summed E-state index contributed by atoms with van der Waals surface area (Å²) in [5.74, 6) is 0.934. The maximum Gasteiger partial charge on any atom is 0.0135 e. The van der Waals surface area contributed by atoms with Crippen molar-refractivity contribution in [1.29, 1.82) is 0 Å². The zero-order valence-electron chi connectivity index (χ0n) is 9.47. The van der Waals surface area contributed by atoms with E-state index in [2.05, 4.69) is 17.1 Å². The van der Waals surface area contributed by atoms with Crippen LogP contribution in [0.15, 0.2) is 0 Å². The quantitative estimate of drug-likeness (QED) is 0.725. The van der Waals surface area contributed by atoms with Gasteiger partial charge in [-0.15, -0.1) is 0 Å². The molecule has 2 heterocycles. The van der Waals surface area contributed by atoms with E-state index in [9.17, 15) is 0 Å². The number of nitrogens with zero attached hydrogens (tertiary/aromatic N) is 1. The van der Waals surface area contributed by atoms with E-state index in [4.69, 9.17) is 0 Å². The zero-order chi connectivity index (χ0) is 9.80. The summed E-state index contributed by atoms with van der Waals surface area (Å²) >= 11 is 0. The predicted octanol–water partition coefficient (Wildman–Crippen LogP) is 1.86. The maximum atomic E-state index is 3.55. The molecule has 0 bridgehead atoms. The second-order valence-electron chi connectivity index (χ2n) is 4.80. The van der Waals surface area contributed by atoms with Crippen LogP contribution < -0.4 is 5.32 Å². The van der Waals surface area contributed by atoms with Crippen molar-refractivity contribution >= 4 is 0 Å². The van der Waals surface area contributed by atoms with Gasteiger partial charge in [-0.2, -0.15) is 0 Å². The average molecular weight is 196 g/mol. The smallest absolute Gasteiger partial charge is 0.0135 e. The molecule has 0 amide bonds. The zero-order valence-corrected chi connectivity index (χ0v) is 9.47. The molecule has 0 spiro atoms. The van der Waals surface area contributed by atoms with Crippen molar-refractivity contribution in [2.24, 2.45) is 5.92 Å². The van der Waals surface area contributed by atoms with E-state index >= 15 is 0 Å². The molecular formula is C12H24N2. The lowest BCUT2D eigenvalue weighted by Gasteiger charge is -2.41. The van der Waals surface area contributed by atoms with Gasteiger partial charge in [-0.25, -0.2) is 0 Å². The molecule has 0 radical (unpaired) electrons. The van der Waals surface area contributed by atoms with Gasteiger partial charge in [0.15, 0.2) is 0 Å². The number of hydrogen-bond acceptors (Lipinski definition) is 2. The molecule has 2 atom stereocenters. The van der Waals surface area contributed by atoms with Gasteiger partial charge in [0.25, 0.3) is 0 Å². The molecular weight excluding hydrogens is 172 g/mol. The molecule has 1 N–H and O–H groups in total. The van der Waals surface area contributed by atoms with Gasteiger partial charge < -0.3 is 10.2 Å². The Kier molecular flexibility index (Phi) is 3.82. The molecule has 2 aliphatic heterocycles. The maximum absolute atomic E-state index is 3.55.